The summed E-state index contributed by atoms with van der Waals surface area (Å²) in [5.41, 5.74) is 8.88. The summed E-state index contributed by atoms with van der Waals surface area (Å²) in [5.74, 6) is 1.77. The van der Waals surface area contributed by atoms with Crippen molar-refractivity contribution in [2.45, 2.75) is 0 Å². The van der Waals surface area contributed by atoms with E-state index in [0.29, 0.717) is 17.6 Å². The zero-order valence-corrected chi connectivity index (χ0v) is 27.2. The summed E-state index contributed by atoms with van der Waals surface area (Å²) in [6, 6.07) is 56.5. The van der Waals surface area contributed by atoms with Gasteiger partial charge in [-0.2, -0.15) is 9.97 Å². The number of nitrogens with zero attached hydrogens (tertiary/aromatic N) is 5. The van der Waals surface area contributed by atoms with Gasteiger partial charge in [0.2, 0.25) is 5.95 Å². The highest BCUT2D eigenvalue weighted by Crippen LogP contribution is 2.45. The van der Waals surface area contributed by atoms with Crippen molar-refractivity contribution in [3.05, 3.63) is 164 Å². The smallest absolute Gasteiger partial charge is 0.238 e. The lowest BCUT2D eigenvalue weighted by molar-refractivity contribution is 0.673. The number of benzene rings is 7. The summed E-state index contributed by atoms with van der Waals surface area (Å²) in [6.45, 7) is 0. The van der Waals surface area contributed by atoms with Crippen molar-refractivity contribution in [3.63, 3.8) is 0 Å². The Labute approximate surface area is 291 Å². The summed E-state index contributed by atoms with van der Waals surface area (Å²) in [4.78, 5) is 15.4. The van der Waals surface area contributed by atoms with Gasteiger partial charge in [-0.15, -0.1) is 0 Å². The van der Waals surface area contributed by atoms with Crippen LogP contribution < -0.4 is 0 Å². The molecule has 0 aliphatic rings. The quantitative estimate of drug-likeness (QED) is 0.190. The van der Waals surface area contributed by atoms with Crippen molar-refractivity contribution >= 4 is 65.6 Å². The lowest BCUT2D eigenvalue weighted by Crippen LogP contribution is -2.06. The van der Waals surface area contributed by atoms with E-state index in [0.717, 1.165) is 77.0 Å². The second-order valence-corrected chi connectivity index (χ2v) is 12.8. The molecule has 0 bridgehead atoms. The van der Waals surface area contributed by atoms with E-state index < -0.39 is 0 Å². The maximum Gasteiger partial charge on any atom is 0.238 e. The molecule has 0 fully saturated rings. The average molecular weight is 654 g/mol. The predicted molar refractivity (Wildman–Crippen MR) is 207 cm³/mol. The van der Waals surface area contributed by atoms with E-state index in [1.807, 2.05) is 72.8 Å². The van der Waals surface area contributed by atoms with E-state index in [9.17, 15) is 0 Å². The van der Waals surface area contributed by atoms with Crippen LogP contribution in [0.3, 0.4) is 0 Å². The van der Waals surface area contributed by atoms with E-state index in [4.69, 9.17) is 19.4 Å². The molecule has 0 saturated heterocycles. The molecule has 51 heavy (non-hydrogen) atoms. The molecule has 7 aromatic carbocycles. The molecule has 0 saturated carbocycles. The number of para-hydroxylation sites is 3. The van der Waals surface area contributed by atoms with Gasteiger partial charge in [0.25, 0.3) is 0 Å². The minimum atomic E-state index is 0.546. The first-order chi connectivity index (χ1) is 25.3. The fourth-order valence-corrected chi connectivity index (χ4v) is 7.79. The van der Waals surface area contributed by atoms with Gasteiger partial charge in [-0.25, -0.2) is 4.98 Å². The van der Waals surface area contributed by atoms with Crippen LogP contribution in [0.15, 0.2) is 168 Å². The van der Waals surface area contributed by atoms with E-state index in [-0.39, 0.29) is 0 Å². The van der Waals surface area contributed by atoms with Crippen molar-refractivity contribution in [3.8, 4) is 34.4 Å². The van der Waals surface area contributed by atoms with Gasteiger partial charge in [0.15, 0.2) is 11.6 Å². The van der Waals surface area contributed by atoms with Crippen LogP contribution in [0.25, 0.3) is 100.0 Å². The molecule has 238 valence electrons. The van der Waals surface area contributed by atoms with Crippen LogP contribution >= 0.6 is 0 Å². The Hall–Kier alpha value is -7.05. The van der Waals surface area contributed by atoms with Crippen molar-refractivity contribution in [1.29, 1.82) is 0 Å². The Morgan fingerprint density at radius 1 is 0.373 bits per heavy atom. The predicted octanol–water partition coefficient (Wildman–Crippen LogP) is 11.3. The highest BCUT2D eigenvalue weighted by atomic mass is 16.3. The summed E-state index contributed by atoms with van der Waals surface area (Å²) >= 11 is 0. The largest absolute Gasteiger partial charge is 0.455 e. The molecule has 0 unspecified atom stereocenters. The number of hydrogen-bond donors (Lipinski definition) is 0. The van der Waals surface area contributed by atoms with Gasteiger partial charge in [-0.1, -0.05) is 115 Å². The molecular formula is C45H27N5O. The van der Waals surface area contributed by atoms with Crippen LogP contribution in [-0.2, 0) is 0 Å². The SMILES string of the molecule is c1ccc(-c2nc(-c3ccccc3)nc(-n3c4ccc5c6ccccc6oc5c4c4c5c6ccccc6n(-c6ccccc6)c5ccc43)n2)cc1. The zero-order chi connectivity index (χ0) is 33.5. The zero-order valence-electron chi connectivity index (χ0n) is 27.2. The molecule has 0 aliphatic carbocycles. The van der Waals surface area contributed by atoms with Crippen molar-refractivity contribution in [1.82, 2.24) is 24.1 Å². The lowest BCUT2D eigenvalue weighted by atomic mass is 10.0. The number of aromatic nitrogens is 5. The molecule has 0 aliphatic heterocycles. The van der Waals surface area contributed by atoms with Gasteiger partial charge >= 0.3 is 0 Å². The minimum absolute atomic E-state index is 0.546. The molecule has 0 atom stereocenters. The third kappa shape index (κ3) is 4.07. The first-order valence-electron chi connectivity index (χ1n) is 17.0. The number of hydrogen-bond acceptors (Lipinski definition) is 4. The molecule has 6 heteroatoms. The third-order valence-electron chi connectivity index (χ3n) is 9.98. The van der Waals surface area contributed by atoms with E-state index in [1.165, 1.54) is 5.39 Å². The van der Waals surface area contributed by atoms with Gasteiger partial charge in [0.05, 0.1) is 27.5 Å². The molecule has 4 aromatic heterocycles. The third-order valence-corrected chi connectivity index (χ3v) is 9.98. The molecule has 11 aromatic rings. The van der Waals surface area contributed by atoms with E-state index in [2.05, 4.69) is 100 Å². The van der Waals surface area contributed by atoms with Crippen LogP contribution in [-0.4, -0.2) is 24.1 Å². The standard InChI is InChI=1S/C45H27N5O/c1-4-14-28(15-5-1)43-46-44(29-16-6-2-7-17-29)48-45(47-43)50-36-27-26-35-39(33-21-10-12-22-34(33)49(35)30-18-8-3-9-19-30)40(36)41-37(50)25-24-32-31-20-11-13-23-38(31)51-42(32)41/h1-27H. The second-order valence-electron chi connectivity index (χ2n) is 12.8. The maximum atomic E-state index is 6.79. The first kappa shape index (κ1) is 27.9. The summed E-state index contributed by atoms with van der Waals surface area (Å²) in [5, 5.41) is 6.62. The van der Waals surface area contributed by atoms with Crippen LogP contribution in [0.5, 0.6) is 0 Å². The van der Waals surface area contributed by atoms with Crippen LogP contribution in [0.4, 0.5) is 0 Å². The van der Waals surface area contributed by atoms with Gasteiger partial charge in [-0.3, -0.25) is 4.57 Å². The number of rotatable bonds is 4. The fourth-order valence-electron chi connectivity index (χ4n) is 7.79. The van der Waals surface area contributed by atoms with Gasteiger partial charge in [0.1, 0.15) is 11.2 Å². The number of furan rings is 1. The summed E-state index contributed by atoms with van der Waals surface area (Å²) < 4.78 is 11.3. The van der Waals surface area contributed by atoms with Crippen molar-refractivity contribution in [2.24, 2.45) is 0 Å². The molecule has 6 nitrogen and oxygen atoms in total. The van der Waals surface area contributed by atoms with Gasteiger partial charge in [0, 0.05) is 43.7 Å². The highest BCUT2D eigenvalue weighted by Gasteiger charge is 2.25. The maximum absolute atomic E-state index is 6.79. The van der Waals surface area contributed by atoms with Crippen LogP contribution in [0.2, 0.25) is 0 Å². The molecule has 11 rings (SSSR count). The van der Waals surface area contributed by atoms with Gasteiger partial charge < -0.3 is 8.98 Å². The van der Waals surface area contributed by atoms with Crippen LogP contribution in [0, 0.1) is 0 Å². The first-order valence-corrected chi connectivity index (χ1v) is 17.0. The van der Waals surface area contributed by atoms with Crippen molar-refractivity contribution < 1.29 is 4.42 Å². The van der Waals surface area contributed by atoms with E-state index in [1.54, 1.807) is 0 Å². The Morgan fingerprint density at radius 3 is 1.63 bits per heavy atom. The molecule has 0 spiro atoms. The molecular weight excluding hydrogens is 627 g/mol. The molecule has 4 heterocycles. The van der Waals surface area contributed by atoms with Crippen LogP contribution in [0.1, 0.15) is 0 Å². The number of fused-ring (bicyclic) bond motifs is 11. The topological polar surface area (TPSA) is 61.7 Å². The Balaban J connectivity index is 1.34. The minimum Gasteiger partial charge on any atom is -0.455 e. The van der Waals surface area contributed by atoms with Gasteiger partial charge in [-0.05, 0) is 48.5 Å². The Kier molecular flexibility index (Phi) is 5.86. The summed E-state index contributed by atoms with van der Waals surface area (Å²) in [7, 11) is 0. The Bertz CT molecular complexity index is 3060. The Morgan fingerprint density at radius 2 is 0.922 bits per heavy atom. The highest BCUT2D eigenvalue weighted by molar-refractivity contribution is 6.33. The average Bonchev–Trinajstić information content (AvgIpc) is 3.86. The second kappa shape index (κ2) is 10.7. The fraction of sp³-hybridized carbons (Fsp3) is 0. The molecule has 0 N–H and O–H groups in total. The monoisotopic (exact) mass is 653 g/mol. The normalized spacial score (nSPS) is 11.9. The lowest BCUT2D eigenvalue weighted by Gasteiger charge is -2.11. The van der Waals surface area contributed by atoms with Crippen molar-refractivity contribution in [2.75, 3.05) is 0 Å². The molecule has 0 amide bonds. The van der Waals surface area contributed by atoms with E-state index >= 15 is 0 Å². The molecule has 0 radical (unpaired) electrons. The summed E-state index contributed by atoms with van der Waals surface area (Å²) in [6.07, 6.45) is 0.